The van der Waals surface area contributed by atoms with Crippen molar-refractivity contribution in [2.45, 2.75) is 78.1 Å². The third kappa shape index (κ3) is 9.43. The van der Waals surface area contributed by atoms with Crippen LogP contribution < -0.4 is 20.9 Å². The van der Waals surface area contributed by atoms with Crippen LogP contribution in [-0.2, 0) is 0 Å². The summed E-state index contributed by atoms with van der Waals surface area (Å²) in [7, 11) is 0. The molecule has 2 aromatic carbocycles. The zero-order valence-electron chi connectivity index (χ0n) is 18.9. The van der Waals surface area contributed by atoms with E-state index >= 15 is 0 Å². The number of rotatable bonds is 15. The molecule has 0 saturated carbocycles. The first-order chi connectivity index (χ1) is 14.6. The molecule has 0 amide bonds. The van der Waals surface area contributed by atoms with E-state index < -0.39 is 0 Å². The maximum absolute atomic E-state index is 5.83. The van der Waals surface area contributed by atoms with Gasteiger partial charge in [0.05, 0.1) is 13.2 Å². The number of unbranched alkanes of at least 4 members (excludes halogenated alkanes) is 9. The van der Waals surface area contributed by atoms with Crippen LogP contribution in [0.2, 0.25) is 0 Å². The number of aryl methyl sites for hydroxylation is 2. The molecular weight excluding hydrogens is 372 g/mol. The van der Waals surface area contributed by atoms with Gasteiger partial charge in [-0.3, -0.25) is 0 Å². The standard InChI is InChI=1S/C26H40N2O2/c1-21-19-23(13-15-25(21)27)29-17-11-9-7-5-3-4-6-8-10-12-18-30-24-14-16-26(28)22(2)20-24/h13-16,19-20H,3-12,17-18,27-28H2,1-2H3. The molecule has 0 unspecified atom stereocenters. The van der Waals surface area contributed by atoms with E-state index in [1.54, 1.807) is 0 Å². The first-order valence-corrected chi connectivity index (χ1v) is 11.5. The van der Waals surface area contributed by atoms with Gasteiger partial charge in [0.25, 0.3) is 0 Å². The van der Waals surface area contributed by atoms with E-state index in [4.69, 9.17) is 20.9 Å². The molecule has 0 saturated heterocycles. The molecule has 0 aromatic heterocycles. The molecule has 2 rings (SSSR count). The summed E-state index contributed by atoms with van der Waals surface area (Å²) in [5.74, 6) is 1.85. The van der Waals surface area contributed by atoms with Crippen molar-refractivity contribution in [3.8, 4) is 11.5 Å². The number of anilines is 2. The summed E-state index contributed by atoms with van der Waals surface area (Å²) in [4.78, 5) is 0. The van der Waals surface area contributed by atoms with Gasteiger partial charge < -0.3 is 20.9 Å². The molecule has 166 valence electrons. The molecular formula is C26H40N2O2. The zero-order chi connectivity index (χ0) is 21.6. The average molecular weight is 413 g/mol. The minimum atomic E-state index is 0.793. The molecule has 0 aliphatic carbocycles. The molecule has 0 spiro atoms. The van der Waals surface area contributed by atoms with Crippen LogP contribution in [0.5, 0.6) is 11.5 Å². The molecule has 0 bridgehead atoms. The molecule has 0 aliphatic heterocycles. The van der Waals surface area contributed by atoms with Gasteiger partial charge in [-0.15, -0.1) is 0 Å². The van der Waals surface area contributed by atoms with Crippen LogP contribution in [0.25, 0.3) is 0 Å². The van der Waals surface area contributed by atoms with Crippen molar-refractivity contribution in [1.82, 2.24) is 0 Å². The molecule has 0 atom stereocenters. The van der Waals surface area contributed by atoms with Crippen molar-refractivity contribution < 1.29 is 9.47 Å². The number of benzene rings is 2. The molecule has 30 heavy (non-hydrogen) atoms. The predicted octanol–water partition coefficient (Wildman–Crippen LogP) is 6.83. The summed E-state index contributed by atoms with van der Waals surface area (Å²) in [5.41, 5.74) is 15.5. The van der Waals surface area contributed by atoms with Gasteiger partial charge in [-0.05, 0) is 74.2 Å². The van der Waals surface area contributed by atoms with Gasteiger partial charge in [0.2, 0.25) is 0 Å². The smallest absolute Gasteiger partial charge is 0.119 e. The summed E-state index contributed by atoms with van der Waals surface area (Å²) in [5, 5.41) is 0. The second-order valence-corrected chi connectivity index (χ2v) is 8.27. The predicted molar refractivity (Wildman–Crippen MR) is 128 cm³/mol. The van der Waals surface area contributed by atoms with Crippen LogP contribution in [0.1, 0.15) is 75.3 Å². The van der Waals surface area contributed by atoms with E-state index in [0.29, 0.717) is 0 Å². The summed E-state index contributed by atoms with van der Waals surface area (Å²) in [6.45, 7) is 5.61. The highest BCUT2D eigenvalue weighted by atomic mass is 16.5. The van der Waals surface area contributed by atoms with Gasteiger partial charge in [0, 0.05) is 11.4 Å². The van der Waals surface area contributed by atoms with Gasteiger partial charge in [-0.1, -0.05) is 51.4 Å². The Morgan fingerprint density at radius 3 is 1.20 bits per heavy atom. The van der Waals surface area contributed by atoms with Gasteiger partial charge in [-0.2, -0.15) is 0 Å². The molecule has 4 heteroatoms. The SMILES string of the molecule is Cc1cc(OCCCCCCCCCCCCOc2ccc(N)c(C)c2)ccc1N. The maximum Gasteiger partial charge on any atom is 0.119 e. The Morgan fingerprint density at radius 2 is 0.867 bits per heavy atom. The fourth-order valence-electron chi connectivity index (χ4n) is 3.47. The third-order valence-corrected chi connectivity index (χ3v) is 5.56. The van der Waals surface area contributed by atoms with E-state index in [2.05, 4.69) is 0 Å². The zero-order valence-corrected chi connectivity index (χ0v) is 18.9. The lowest BCUT2D eigenvalue weighted by atomic mass is 10.1. The lowest BCUT2D eigenvalue weighted by molar-refractivity contribution is 0.302. The van der Waals surface area contributed by atoms with Crippen molar-refractivity contribution in [3.63, 3.8) is 0 Å². The van der Waals surface area contributed by atoms with Gasteiger partial charge in [-0.25, -0.2) is 0 Å². The van der Waals surface area contributed by atoms with Crippen molar-refractivity contribution in [3.05, 3.63) is 47.5 Å². The Balaban J connectivity index is 1.34. The fourth-order valence-corrected chi connectivity index (χ4v) is 3.47. The quantitative estimate of drug-likeness (QED) is 0.248. The van der Waals surface area contributed by atoms with E-state index in [1.807, 2.05) is 50.2 Å². The van der Waals surface area contributed by atoms with Crippen LogP contribution in [0.3, 0.4) is 0 Å². The first kappa shape index (κ1) is 23.9. The number of nitrogen functional groups attached to an aromatic ring is 2. The monoisotopic (exact) mass is 412 g/mol. The Hall–Kier alpha value is -2.36. The highest BCUT2D eigenvalue weighted by molar-refractivity contribution is 5.50. The molecule has 4 N–H and O–H groups in total. The largest absolute Gasteiger partial charge is 0.494 e. The Labute approximate surface area is 183 Å². The molecule has 0 fully saturated rings. The van der Waals surface area contributed by atoms with Crippen molar-refractivity contribution in [2.75, 3.05) is 24.7 Å². The Kier molecular flexibility index (Phi) is 11.0. The minimum absolute atomic E-state index is 0.793. The van der Waals surface area contributed by atoms with Crippen LogP contribution in [0.4, 0.5) is 11.4 Å². The minimum Gasteiger partial charge on any atom is -0.494 e. The first-order valence-electron chi connectivity index (χ1n) is 11.5. The normalized spacial score (nSPS) is 10.9. The lowest BCUT2D eigenvalue weighted by Gasteiger charge is -2.08. The van der Waals surface area contributed by atoms with Crippen LogP contribution in [-0.4, -0.2) is 13.2 Å². The van der Waals surface area contributed by atoms with Crippen molar-refractivity contribution >= 4 is 11.4 Å². The lowest BCUT2D eigenvalue weighted by Crippen LogP contribution is -1.99. The maximum atomic E-state index is 5.83. The van der Waals surface area contributed by atoms with Crippen LogP contribution in [0.15, 0.2) is 36.4 Å². The summed E-state index contributed by atoms with van der Waals surface area (Å²) in [6, 6.07) is 11.8. The topological polar surface area (TPSA) is 70.5 Å². The van der Waals surface area contributed by atoms with E-state index in [9.17, 15) is 0 Å². The van der Waals surface area contributed by atoms with Crippen LogP contribution >= 0.6 is 0 Å². The number of hydrogen-bond acceptors (Lipinski definition) is 4. The fraction of sp³-hybridized carbons (Fsp3) is 0.538. The molecule has 2 aromatic rings. The second-order valence-electron chi connectivity index (χ2n) is 8.27. The summed E-state index contributed by atoms with van der Waals surface area (Å²) >= 11 is 0. The number of ether oxygens (including phenoxy) is 2. The highest BCUT2D eigenvalue weighted by Crippen LogP contribution is 2.20. The van der Waals surface area contributed by atoms with E-state index in [0.717, 1.165) is 60.1 Å². The van der Waals surface area contributed by atoms with Gasteiger partial charge >= 0.3 is 0 Å². The van der Waals surface area contributed by atoms with Crippen molar-refractivity contribution in [1.29, 1.82) is 0 Å². The van der Waals surface area contributed by atoms with E-state index in [-0.39, 0.29) is 0 Å². The van der Waals surface area contributed by atoms with Gasteiger partial charge in [0.15, 0.2) is 0 Å². The molecule has 4 nitrogen and oxygen atoms in total. The second kappa shape index (κ2) is 13.8. The average Bonchev–Trinajstić information content (AvgIpc) is 2.73. The summed E-state index contributed by atoms with van der Waals surface area (Å²) < 4.78 is 11.6. The Bertz CT molecular complexity index is 682. The number of nitrogens with two attached hydrogens (primary N) is 2. The molecule has 0 aliphatic rings. The van der Waals surface area contributed by atoms with E-state index in [1.165, 1.54) is 51.4 Å². The van der Waals surface area contributed by atoms with Crippen molar-refractivity contribution in [2.24, 2.45) is 0 Å². The molecule has 0 heterocycles. The Morgan fingerprint density at radius 1 is 0.533 bits per heavy atom. The summed E-state index contributed by atoms with van der Waals surface area (Å²) in [6.07, 6.45) is 12.7. The highest BCUT2D eigenvalue weighted by Gasteiger charge is 1.99. The van der Waals surface area contributed by atoms with Gasteiger partial charge in [0.1, 0.15) is 11.5 Å². The number of hydrogen-bond donors (Lipinski definition) is 2. The van der Waals surface area contributed by atoms with Crippen LogP contribution in [0, 0.1) is 13.8 Å². The third-order valence-electron chi connectivity index (χ3n) is 5.56. The molecule has 0 radical (unpaired) electrons.